The molecule has 1 aliphatic carbocycles. The first-order chi connectivity index (χ1) is 15.8. The Kier molecular flexibility index (Phi) is 4.58. The lowest BCUT2D eigenvalue weighted by molar-refractivity contribution is 0.669. The third-order valence-corrected chi connectivity index (χ3v) is 5.82. The molecule has 2 heterocycles. The molecule has 5 aromatic rings. The lowest BCUT2D eigenvalue weighted by atomic mass is 10.0. The summed E-state index contributed by atoms with van der Waals surface area (Å²) in [5, 5.41) is 2.54. The van der Waals surface area contributed by atoms with Crippen LogP contribution in [0.25, 0.3) is 50.3 Å². The van der Waals surface area contributed by atoms with Gasteiger partial charge in [-0.15, -0.1) is 0 Å². The zero-order chi connectivity index (χ0) is 21.5. The van der Waals surface area contributed by atoms with Gasteiger partial charge in [0, 0.05) is 38.6 Å². The molecule has 1 aliphatic rings. The van der Waals surface area contributed by atoms with E-state index in [4.69, 9.17) is 31.0 Å². The average Bonchev–Trinajstić information content (AvgIpc) is 3.22. The van der Waals surface area contributed by atoms with Crippen molar-refractivity contribution in [3.63, 3.8) is 0 Å². The molecule has 0 fully saturated rings. The second kappa shape index (κ2) is 7.74. The number of furan rings is 1. The van der Waals surface area contributed by atoms with Gasteiger partial charge in [-0.25, -0.2) is 15.0 Å². The van der Waals surface area contributed by atoms with E-state index >= 15 is 0 Å². The number of fused-ring (bicyclic) bond motifs is 3. The summed E-state index contributed by atoms with van der Waals surface area (Å²) in [6.07, 6.45) is 8.42. The molecular weight excluding hydrogens is 418 g/mol. The van der Waals surface area contributed by atoms with Crippen molar-refractivity contribution in [1.82, 2.24) is 15.0 Å². The Morgan fingerprint density at radius 2 is 1.53 bits per heavy atom. The number of hydrogen-bond donors (Lipinski definition) is 0. The molecule has 0 saturated carbocycles. The Morgan fingerprint density at radius 3 is 2.38 bits per heavy atom. The highest BCUT2D eigenvalue weighted by atomic mass is 35.5. The summed E-state index contributed by atoms with van der Waals surface area (Å²) >= 11 is 6.49. The maximum atomic E-state index is 6.49. The molecular formula is C27H18ClN3O. The van der Waals surface area contributed by atoms with Crippen LogP contribution in [0.1, 0.15) is 18.7 Å². The molecule has 0 bridgehead atoms. The van der Waals surface area contributed by atoms with Crippen LogP contribution in [0.2, 0.25) is 5.02 Å². The van der Waals surface area contributed by atoms with Gasteiger partial charge in [-0.3, -0.25) is 0 Å². The van der Waals surface area contributed by atoms with Gasteiger partial charge >= 0.3 is 0 Å². The fourth-order valence-electron chi connectivity index (χ4n) is 4.12. The lowest BCUT2D eigenvalue weighted by Crippen LogP contribution is -2.03. The smallest absolute Gasteiger partial charge is 0.164 e. The fraction of sp³-hybridized carbons (Fsp3) is 0.0741. The SMILES string of the molecule is Clc1cc(-c2nc(C3=CCCC=C3)nc(-c3ccccc3)n2)c2c(c1)oc1ccccc12. The van der Waals surface area contributed by atoms with Gasteiger partial charge in [0.2, 0.25) is 0 Å². The number of para-hydroxylation sites is 1. The molecule has 0 N–H and O–H groups in total. The summed E-state index contributed by atoms with van der Waals surface area (Å²) in [6, 6.07) is 21.7. The van der Waals surface area contributed by atoms with Crippen LogP contribution in [-0.2, 0) is 0 Å². The number of aromatic nitrogens is 3. The Hall–Kier alpha value is -3.76. The van der Waals surface area contributed by atoms with Crippen molar-refractivity contribution in [2.45, 2.75) is 12.8 Å². The minimum atomic E-state index is 0.576. The van der Waals surface area contributed by atoms with Crippen molar-refractivity contribution in [3.8, 4) is 22.8 Å². The molecule has 154 valence electrons. The van der Waals surface area contributed by atoms with Crippen molar-refractivity contribution < 1.29 is 4.42 Å². The molecule has 6 rings (SSSR count). The number of allylic oxidation sites excluding steroid dienone is 4. The molecule has 0 radical (unpaired) electrons. The Balaban J connectivity index is 1.66. The molecule has 32 heavy (non-hydrogen) atoms. The monoisotopic (exact) mass is 435 g/mol. The van der Waals surface area contributed by atoms with Gasteiger partial charge in [-0.2, -0.15) is 0 Å². The van der Waals surface area contributed by atoms with E-state index < -0.39 is 0 Å². The lowest BCUT2D eigenvalue weighted by Gasteiger charge is -2.11. The van der Waals surface area contributed by atoms with E-state index in [1.807, 2.05) is 66.7 Å². The number of rotatable bonds is 3. The fourth-order valence-corrected chi connectivity index (χ4v) is 4.33. The van der Waals surface area contributed by atoms with Crippen LogP contribution >= 0.6 is 11.6 Å². The highest BCUT2D eigenvalue weighted by Gasteiger charge is 2.19. The van der Waals surface area contributed by atoms with E-state index in [1.165, 1.54) is 0 Å². The number of nitrogens with zero attached hydrogens (tertiary/aromatic N) is 3. The predicted octanol–water partition coefficient (Wildman–Crippen LogP) is 7.49. The minimum Gasteiger partial charge on any atom is -0.456 e. The van der Waals surface area contributed by atoms with E-state index in [0.29, 0.717) is 28.1 Å². The first-order valence-electron chi connectivity index (χ1n) is 10.6. The maximum Gasteiger partial charge on any atom is 0.164 e. The first kappa shape index (κ1) is 19.0. The van der Waals surface area contributed by atoms with Gasteiger partial charge in [0.15, 0.2) is 17.5 Å². The van der Waals surface area contributed by atoms with Crippen molar-refractivity contribution in [3.05, 3.63) is 95.8 Å². The van der Waals surface area contributed by atoms with Gasteiger partial charge in [0.05, 0.1) is 0 Å². The molecule has 5 heteroatoms. The molecule has 0 saturated heterocycles. The van der Waals surface area contributed by atoms with Crippen LogP contribution in [0.15, 0.2) is 89.4 Å². The van der Waals surface area contributed by atoms with E-state index in [1.54, 1.807) is 0 Å². The van der Waals surface area contributed by atoms with Crippen LogP contribution in [0.3, 0.4) is 0 Å². The first-order valence-corrected chi connectivity index (χ1v) is 10.9. The topological polar surface area (TPSA) is 51.8 Å². The standard InChI is InChI=1S/C27H18ClN3O/c28-19-15-21(24-20-13-7-8-14-22(20)32-23(24)16-19)27-30-25(17-9-3-1-4-10-17)29-26(31-27)18-11-5-2-6-12-18/h1,3-5,7-16H,2,6H2. The summed E-state index contributed by atoms with van der Waals surface area (Å²) in [5.74, 6) is 1.87. The summed E-state index contributed by atoms with van der Waals surface area (Å²) in [7, 11) is 0. The van der Waals surface area contributed by atoms with Gasteiger partial charge in [-0.05, 0) is 25.0 Å². The molecule has 3 aromatic carbocycles. The molecule has 0 atom stereocenters. The normalized spacial score (nSPS) is 13.6. The molecule has 4 nitrogen and oxygen atoms in total. The molecule has 0 unspecified atom stereocenters. The highest BCUT2D eigenvalue weighted by Crippen LogP contribution is 2.38. The van der Waals surface area contributed by atoms with Crippen LogP contribution < -0.4 is 0 Å². The summed E-state index contributed by atoms with van der Waals surface area (Å²) in [6.45, 7) is 0. The maximum absolute atomic E-state index is 6.49. The van der Waals surface area contributed by atoms with Crippen LogP contribution in [-0.4, -0.2) is 15.0 Å². The quantitative estimate of drug-likeness (QED) is 0.294. The van der Waals surface area contributed by atoms with Crippen LogP contribution in [0.4, 0.5) is 0 Å². The largest absolute Gasteiger partial charge is 0.456 e. The van der Waals surface area contributed by atoms with E-state index in [2.05, 4.69) is 18.2 Å². The molecule has 2 aromatic heterocycles. The summed E-state index contributed by atoms with van der Waals surface area (Å²) < 4.78 is 6.08. The Labute approximate surface area is 189 Å². The average molecular weight is 436 g/mol. The Morgan fingerprint density at radius 1 is 0.750 bits per heavy atom. The van der Waals surface area contributed by atoms with Gasteiger partial charge in [-0.1, -0.05) is 78.4 Å². The molecule has 0 spiro atoms. The van der Waals surface area contributed by atoms with Gasteiger partial charge in [0.1, 0.15) is 11.2 Å². The number of hydrogen-bond acceptors (Lipinski definition) is 4. The molecule has 0 amide bonds. The summed E-state index contributed by atoms with van der Waals surface area (Å²) in [5.41, 5.74) is 4.30. The molecule has 0 aliphatic heterocycles. The van der Waals surface area contributed by atoms with Crippen molar-refractivity contribution >= 4 is 39.1 Å². The predicted molar refractivity (Wildman–Crippen MR) is 129 cm³/mol. The van der Waals surface area contributed by atoms with Crippen LogP contribution in [0, 0.1) is 0 Å². The van der Waals surface area contributed by atoms with Crippen molar-refractivity contribution in [2.75, 3.05) is 0 Å². The zero-order valence-electron chi connectivity index (χ0n) is 17.1. The van der Waals surface area contributed by atoms with Gasteiger partial charge < -0.3 is 4.42 Å². The number of benzene rings is 3. The minimum absolute atomic E-state index is 0.576. The van der Waals surface area contributed by atoms with Crippen LogP contribution in [0.5, 0.6) is 0 Å². The third kappa shape index (κ3) is 3.29. The van der Waals surface area contributed by atoms with E-state index in [9.17, 15) is 0 Å². The zero-order valence-corrected chi connectivity index (χ0v) is 17.9. The van der Waals surface area contributed by atoms with Crippen molar-refractivity contribution in [2.24, 2.45) is 0 Å². The summed E-state index contributed by atoms with van der Waals surface area (Å²) in [4.78, 5) is 14.6. The van der Waals surface area contributed by atoms with Crippen molar-refractivity contribution in [1.29, 1.82) is 0 Å². The van der Waals surface area contributed by atoms with Gasteiger partial charge in [0.25, 0.3) is 0 Å². The third-order valence-electron chi connectivity index (χ3n) is 5.60. The van der Waals surface area contributed by atoms with E-state index in [-0.39, 0.29) is 0 Å². The highest BCUT2D eigenvalue weighted by molar-refractivity contribution is 6.32. The Bertz CT molecular complexity index is 1530. The number of halogens is 1. The second-order valence-electron chi connectivity index (χ2n) is 7.74. The van der Waals surface area contributed by atoms with E-state index in [0.717, 1.165) is 45.9 Å². The second-order valence-corrected chi connectivity index (χ2v) is 8.17.